The van der Waals surface area contributed by atoms with Gasteiger partial charge >= 0.3 is 6.03 Å². The van der Waals surface area contributed by atoms with Crippen LogP contribution in [0.5, 0.6) is 0 Å². The van der Waals surface area contributed by atoms with E-state index in [9.17, 15) is 4.79 Å². The Bertz CT molecular complexity index is 287. The van der Waals surface area contributed by atoms with Crippen LogP contribution < -0.4 is 16.0 Å². The molecule has 1 aromatic rings. The third kappa shape index (κ3) is 2.74. The van der Waals surface area contributed by atoms with Gasteiger partial charge in [-0.3, -0.25) is 4.90 Å². The van der Waals surface area contributed by atoms with Crippen LogP contribution in [0.3, 0.4) is 0 Å². The van der Waals surface area contributed by atoms with Crippen molar-refractivity contribution in [1.29, 1.82) is 0 Å². The molecule has 0 aliphatic rings. The van der Waals surface area contributed by atoms with Gasteiger partial charge in [0.2, 0.25) is 0 Å². The maximum Gasteiger partial charge on any atom is 0.321 e. The molecule has 0 saturated heterocycles. The van der Waals surface area contributed by atoms with Crippen molar-refractivity contribution in [2.24, 2.45) is 0 Å². The summed E-state index contributed by atoms with van der Waals surface area (Å²) in [5.41, 5.74) is 4.54. The van der Waals surface area contributed by atoms with Gasteiger partial charge in [0, 0.05) is 12.7 Å². The molecule has 14 heavy (non-hydrogen) atoms. The number of hydrogen-bond acceptors (Lipinski definition) is 1. The molecule has 4 nitrogen and oxygen atoms in total. The Labute approximate surface area is 83.7 Å². The molecule has 0 aliphatic heterocycles. The second-order valence-corrected chi connectivity index (χ2v) is 2.98. The van der Waals surface area contributed by atoms with E-state index in [0.717, 1.165) is 5.69 Å². The highest BCUT2D eigenvalue weighted by molar-refractivity contribution is 5.91. The van der Waals surface area contributed by atoms with Gasteiger partial charge in [-0.1, -0.05) is 18.2 Å². The summed E-state index contributed by atoms with van der Waals surface area (Å²) in [5.74, 6) is 0. The highest BCUT2D eigenvalue weighted by atomic mass is 16.2. The van der Waals surface area contributed by atoms with Crippen LogP contribution in [-0.4, -0.2) is 26.2 Å². The Morgan fingerprint density at radius 3 is 2.64 bits per heavy atom. The molecule has 0 atom stereocenters. The van der Waals surface area contributed by atoms with Crippen molar-refractivity contribution in [3.63, 3.8) is 0 Å². The van der Waals surface area contributed by atoms with E-state index in [1.165, 1.54) is 0 Å². The number of urea groups is 1. The number of nitrogens with one attached hydrogen (secondary N) is 1. The molecule has 0 aromatic heterocycles. The van der Waals surface area contributed by atoms with Gasteiger partial charge in [-0.2, -0.15) is 0 Å². The highest BCUT2D eigenvalue weighted by Crippen LogP contribution is 2.10. The Morgan fingerprint density at radius 2 is 2.07 bits per heavy atom. The first-order valence-corrected chi connectivity index (χ1v) is 4.61. The predicted molar refractivity (Wildman–Crippen MR) is 56.0 cm³/mol. The molecule has 1 rings (SSSR count). The zero-order valence-corrected chi connectivity index (χ0v) is 8.36. The number of hydrogen-bond donors (Lipinski definition) is 2. The molecule has 0 radical (unpaired) electrons. The summed E-state index contributed by atoms with van der Waals surface area (Å²) in [6.07, 6.45) is 0. The van der Waals surface area contributed by atoms with E-state index in [0.29, 0.717) is 13.1 Å². The van der Waals surface area contributed by atoms with Crippen molar-refractivity contribution in [1.82, 2.24) is 5.32 Å². The average molecular weight is 194 g/mol. The summed E-state index contributed by atoms with van der Waals surface area (Å²) in [6, 6.07) is 9.42. The number of para-hydroxylation sites is 1. The van der Waals surface area contributed by atoms with E-state index >= 15 is 0 Å². The van der Waals surface area contributed by atoms with Crippen molar-refractivity contribution in [2.45, 2.75) is 0 Å². The summed E-state index contributed by atoms with van der Waals surface area (Å²) in [6.45, 7) is 1.31. The van der Waals surface area contributed by atoms with Crippen LogP contribution in [0.1, 0.15) is 0 Å². The average Bonchev–Trinajstić information content (AvgIpc) is 2.26. The zero-order valence-electron chi connectivity index (χ0n) is 8.36. The molecule has 76 valence electrons. The van der Waals surface area contributed by atoms with E-state index < -0.39 is 0 Å². The Balaban J connectivity index is 2.57. The second kappa shape index (κ2) is 5.24. The molecule has 0 saturated carbocycles. The molecule has 4 N–H and O–H groups in total. The first-order chi connectivity index (χ1) is 6.75. The number of amides is 2. The standard InChI is InChI=1S/C10H15N3O/c1-13(10(14)12-8-7-11)9-5-3-2-4-6-9/h2-6H,7-8,11H2,1H3,(H,12,14)/p+1. The summed E-state index contributed by atoms with van der Waals surface area (Å²) >= 11 is 0. The molecule has 0 unspecified atom stereocenters. The molecule has 1 aromatic carbocycles. The lowest BCUT2D eigenvalue weighted by atomic mass is 10.3. The van der Waals surface area contributed by atoms with Crippen molar-refractivity contribution in [3.8, 4) is 0 Å². The van der Waals surface area contributed by atoms with Crippen molar-refractivity contribution in [3.05, 3.63) is 30.3 Å². The molecule has 0 bridgehead atoms. The topological polar surface area (TPSA) is 60.0 Å². The van der Waals surface area contributed by atoms with Crippen molar-refractivity contribution < 1.29 is 10.5 Å². The summed E-state index contributed by atoms with van der Waals surface area (Å²) in [7, 11) is 1.74. The molecular weight excluding hydrogens is 178 g/mol. The Morgan fingerprint density at radius 1 is 1.43 bits per heavy atom. The highest BCUT2D eigenvalue weighted by Gasteiger charge is 2.08. The molecular formula is C10H16N3O+. The number of rotatable bonds is 3. The van der Waals surface area contributed by atoms with Crippen LogP contribution in [0.25, 0.3) is 0 Å². The number of nitrogens with zero attached hydrogens (tertiary/aromatic N) is 1. The van der Waals surface area contributed by atoms with E-state index in [1.807, 2.05) is 30.3 Å². The van der Waals surface area contributed by atoms with Gasteiger partial charge in [-0.25, -0.2) is 4.79 Å². The summed E-state index contributed by atoms with van der Waals surface area (Å²) < 4.78 is 0. The van der Waals surface area contributed by atoms with E-state index in [4.69, 9.17) is 0 Å². The lowest BCUT2D eigenvalue weighted by Gasteiger charge is -2.17. The molecule has 0 fully saturated rings. The second-order valence-electron chi connectivity index (χ2n) is 2.98. The third-order valence-corrected chi connectivity index (χ3v) is 1.90. The fraction of sp³-hybridized carbons (Fsp3) is 0.300. The third-order valence-electron chi connectivity index (χ3n) is 1.90. The van der Waals surface area contributed by atoms with Gasteiger partial charge in [0.05, 0.1) is 13.1 Å². The number of benzene rings is 1. The van der Waals surface area contributed by atoms with E-state index in [1.54, 1.807) is 11.9 Å². The number of carbonyl (C=O) groups is 1. The summed E-state index contributed by atoms with van der Waals surface area (Å²) in [5, 5.41) is 2.76. The minimum Gasteiger partial charge on any atom is -0.356 e. The number of quaternary nitrogens is 1. The van der Waals surface area contributed by atoms with Crippen LogP contribution in [0.2, 0.25) is 0 Å². The van der Waals surface area contributed by atoms with Crippen LogP contribution in [-0.2, 0) is 0 Å². The number of anilines is 1. The van der Waals surface area contributed by atoms with Crippen LogP contribution >= 0.6 is 0 Å². The zero-order chi connectivity index (χ0) is 10.4. The molecule has 0 aliphatic carbocycles. The van der Waals surface area contributed by atoms with Crippen molar-refractivity contribution >= 4 is 11.7 Å². The quantitative estimate of drug-likeness (QED) is 0.703. The van der Waals surface area contributed by atoms with Gasteiger partial charge in [0.1, 0.15) is 0 Å². The monoisotopic (exact) mass is 194 g/mol. The first-order valence-electron chi connectivity index (χ1n) is 4.61. The maximum absolute atomic E-state index is 11.5. The van der Waals surface area contributed by atoms with Gasteiger partial charge < -0.3 is 11.1 Å². The SMILES string of the molecule is CN(C(=O)NCC[NH3+])c1ccccc1. The summed E-state index contributed by atoms with van der Waals surface area (Å²) in [4.78, 5) is 13.1. The van der Waals surface area contributed by atoms with Crippen LogP contribution in [0.15, 0.2) is 30.3 Å². The Kier molecular flexibility index (Phi) is 3.94. The van der Waals surface area contributed by atoms with Gasteiger partial charge in [-0.05, 0) is 12.1 Å². The van der Waals surface area contributed by atoms with Crippen LogP contribution in [0, 0.1) is 0 Å². The lowest BCUT2D eigenvalue weighted by Crippen LogP contribution is -2.55. The minimum absolute atomic E-state index is 0.0974. The van der Waals surface area contributed by atoms with Gasteiger partial charge in [-0.15, -0.1) is 0 Å². The number of carbonyl (C=O) groups excluding carboxylic acids is 1. The Hall–Kier alpha value is -1.55. The molecule has 4 heteroatoms. The molecule has 0 spiro atoms. The lowest BCUT2D eigenvalue weighted by molar-refractivity contribution is -0.364. The minimum atomic E-state index is -0.0974. The fourth-order valence-corrected chi connectivity index (χ4v) is 1.08. The normalized spacial score (nSPS) is 9.57. The van der Waals surface area contributed by atoms with E-state index in [2.05, 4.69) is 11.1 Å². The van der Waals surface area contributed by atoms with Crippen LogP contribution in [0.4, 0.5) is 10.5 Å². The maximum atomic E-state index is 11.5. The van der Waals surface area contributed by atoms with Crippen molar-refractivity contribution in [2.75, 3.05) is 25.0 Å². The van der Waals surface area contributed by atoms with E-state index in [-0.39, 0.29) is 6.03 Å². The fourth-order valence-electron chi connectivity index (χ4n) is 1.08. The molecule has 0 heterocycles. The predicted octanol–water partition coefficient (Wildman–Crippen LogP) is 0.0743. The smallest absolute Gasteiger partial charge is 0.321 e. The first kappa shape index (κ1) is 10.5. The van der Waals surface area contributed by atoms with Gasteiger partial charge in [0.25, 0.3) is 0 Å². The van der Waals surface area contributed by atoms with Gasteiger partial charge in [0.15, 0.2) is 0 Å². The molecule has 2 amide bonds. The largest absolute Gasteiger partial charge is 0.356 e.